The van der Waals surface area contributed by atoms with Crippen molar-refractivity contribution in [3.63, 3.8) is 0 Å². The maximum atomic E-state index is 9.39. The van der Waals surface area contributed by atoms with Gasteiger partial charge in [0.1, 0.15) is 0 Å². The minimum atomic E-state index is -0.403. The number of hydrogen-bond donors (Lipinski definition) is 2. The van der Waals surface area contributed by atoms with E-state index >= 15 is 0 Å². The minimum Gasteiger partial charge on any atom is -0.396 e. The third-order valence-corrected chi connectivity index (χ3v) is 3.80. The zero-order chi connectivity index (χ0) is 13.0. The molecular formula is C15H23NO2. The van der Waals surface area contributed by atoms with Crippen LogP contribution in [0.15, 0.2) is 24.3 Å². The number of nitrogens with zero attached hydrogens (tertiary/aromatic N) is 1. The molecule has 3 heteroatoms. The summed E-state index contributed by atoms with van der Waals surface area (Å²) in [5.74, 6) is 0. The number of fused-ring (bicyclic) bond motifs is 1. The maximum Gasteiger partial charge on any atom is 0.0519 e. The summed E-state index contributed by atoms with van der Waals surface area (Å²) < 4.78 is 0. The van der Waals surface area contributed by atoms with Gasteiger partial charge in [-0.1, -0.05) is 31.2 Å². The van der Waals surface area contributed by atoms with Crippen LogP contribution in [-0.2, 0) is 13.0 Å². The summed E-state index contributed by atoms with van der Waals surface area (Å²) in [6, 6.07) is 8.57. The van der Waals surface area contributed by atoms with Gasteiger partial charge in [-0.3, -0.25) is 4.90 Å². The molecule has 1 aliphatic rings. The van der Waals surface area contributed by atoms with Crippen molar-refractivity contribution < 1.29 is 10.2 Å². The quantitative estimate of drug-likeness (QED) is 0.848. The first-order valence-corrected chi connectivity index (χ1v) is 6.68. The summed E-state index contributed by atoms with van der Waals surface area (Å²) in [6.45, 7) is 4.69. The second-order valence-corrected chi connectivity index (χ2v) is 5.71. The predicted molar refractivity (Wildman–Crippen MR) is 72.3 cm³/mol. The van der Waals surface area contributed by atoms with Gasteiger partial charge in [0, 0.05) is 18.5 Å². The van der Waals surface area contributed by atoms with Crippen molar-refractivity contribution in [1.29, 1.82) is 0 Å². The van der Waals surface area contributed by atoms with Crippen molar-refractivity contribution in [3.05, 3.63) is 35.4 Å². The second-order valence-electron chi connectivity index (χ2n) is 5.71. The monoisotopic (exact) mass is 249 g/mol. The molecule has 1 aromatic rings. The van der Waals surface area contributed by atoms with Gasteiger partial charge in [-0.15, -0.1) is 0 Å². The van der Waals surface area contributed by atoms with E-state index in [1.54, 1.807) is 0 Å². The van der Waals surface area contributed by atoms with Crippen LogP contribution in [0.25, 0.3) is 0 Å². The van der Waals surface area contributed by atoms with E-state index in [2.05, 4.69) is 29.2 Å². The van der Waals surface area contributed by atoms with Gasteiger partial charge in [-0.25, -0.2) is 0 Å². The lowest BCUT2D eigenvalue weighted by Crippen LogP contribution is -2.40. The lowest BCUT2D eigenvalue weighted by molar-refractivity contribution is 0.0331. The van der Waals surface area contributed by atoms with E-state index in [4.69, 9.17) is 0 Å². The summed E-state index contributed by atoms with van der Waals surface area (Å²) in [7, 11) is 0. The van der Waals surface area contributed by atoms with Crippen molar-refractivity contribution in [2.45, 2.75) is 26.3 Å². The number of aliphatic hydroxyl groups excluding tert-OH is 2. The lowest BCUT2D eigenvalue weighted by Gasteiger charge is -2.32. The van der Waals surface area contributed by atoms with Crippen LogP contribution in [0, 0.1) is 5.41 Å². The SMILES string of the molecule is CC(CO)(CO)CN1CCCc2ccccc2C1. The van der Waals surface area contributed by atoms with Crippen molar-refractivity contribution in [1.82, 2.24) is 4.90 Å². The first kappa shape index (κ1) is 13.5. The molecule has 0 aromatic heterocycles. The molecule has 3 nitrogen and oxygen atoms in total. The molecule has 1 aliphatic heterocycles. The molecule has 0 atom stereocenters. The predicted octanol–water partition coefficient (Wildman–Crippen LogP) is 1.43. The maximum absolute atomic E-state index is 9.39. The first-order valence-electron chi connectivity index (χ1n) is 6.68. The van der Waals surface area contributed by atoms with Crippen LogP contribution in [-0.4, -0.2) is 41.4 Å². The molecule has 0 spiro atoms. The minimum absolute atomic E-state index is 0.0294. The highest BCUT2D eigenvalue weighted by molar-refractivity contribution is 5.28. The van der Waals surface area contributed by atoms with Crippen molar-refractivity contribution in [2.75, 3.05) is 26.3 Å². The normalized spacial score (nSPS) is 17.3. The molecule has 18 heavy (non-hydrogen) atoms. The highest BCUT2D eigenvalue weighted by Gasteiger charge is 2.26. The van der Waals surface area contributed by atoms with Crippen LogP contribution in [0.3, 0.4) is 0 Å². The van der Waals surface area contributed by atoms with Gasteiger partial charge in [-0.2, -0.15) is 0 Å². The van der Waals surface area contributed by atoms with E-state index in [9.17, 15) is 10.2 Å². The Bertz CT molecular complexity index is 388. The van der Waals surface area contributed by atoms with Gasteiger partial charge >= 0.3 is 0 Å². The van der Waals surface area contributed by atoms with Gasteiger partial charge in [0.25, 0.3) is 0 Å². The molecule has 0 unspecified atom stereocenters. The van der Waals surface area contributed by atoms with Gasteiger partial charge in [-0.05, 0) is 30.5 Å². The van der Waals surface area contributed by atoms with E-state index in [0.717, 1.165) is 32.5 Å². The number of aryl methyl sites for hydroxylation is 1. The fourth-order valence-electron chi connectivity index (χ4n) is 2.59. The summed E-state index contributed by atoms with van der Waals surface area (Å²) in [4.78, 5) is 2.35. The zero-order valence-electron chi connectivity index (χ0n) is 11.1. The highest BCUT2D eigenvalue weighted by atomic mass is 16.3. The summed E-state index contributed by atoms with van der Waals surface area (Å²) in [5.41, 5.74) is 2.42. The van der Waals surface area contributed by atoms with Crippen LogP contribution >= 0.6 is 0 Å². The van der Waals surface area contributed by atoms with Crippen molar-refractivity contribution >= 4 is 0 Å². The second kappa shape index (κ2) is 5.83. The standard InChI is InChI=1S/C15H23NO2/c1-15(11-17,12-18)10-16-8-4-7-13-5-2-3-6-14(13)9-16/h2-3,5-6,17-18H,4,7-12H2,1H3. The van der Waals surface area contributed by atoms with Crippen molar-refractivity contribution in [3.8, 4) is 0 Å². The van der Waals surface area contributed by atoms with Gasteiger partial charge < -0.3 is 10.2 Å². The fourth-order valence-corrected chi connectivity index (χ4v) is 2.59. The van der Waals surface area contributed by atoms with Crippen LogP contribution in [0.1, 0.15) is 24.5 Å². The Labute approximate surface area is 109 Å². The van der Waals surface area contributed by atoms with Crippen LogP contribution in [0.5, 0.6) is 0 Å². The Hall–Kier alpha value is -0.900. The molecule has 0 saturated heterocycles. The number of aliphatic hydroxyl groups is 2. The summed E-state index contributed by atoms with van der Waals surface area (Å²) >= 11 is 0. The smallest absolute Gasteiger partial charge is 0.0519 e. The number of benzene rings is 1. The average molecular weight is 249 g/mol. The van der Waals surface area contributed by atoms with Crippen molar-refractivity contribution in [2.24, 2.45) is 5.41 Å². The number of rotatable bonds is 4. The molecule has 1 aromatic carbocycles. The molecule has 0 amide bonds. The zero-order valence-corrected chi connectivity index (χ0v) is 11.1. The van der Waals surface area contributed by atoms with Gasteiger partial charge in [0.15, 0.2) is 0 Å². The molecule has 0 radical (unpaired) electrons. The van der Waals surface area contributed by atoms with Crippen LogP contribution in [0.2, 0.25) is 0 Å². The van der Waals surface area contributed by atoms with Crippen LogP contribution in [0.4, 0.5) is 0 Å². The van der Waals surface area contributed by atoms with E-state index in [-0.39, 0.29) is 13.2 Å². The van der Waals surface area contributed by atoms with E-state index in [1.807, 2.05) is 6.92 Å². The average Bonchev–Trinajstić information content (AvgIpc) is 2.60. The summed E-state index contributed by atoms with van der Waals surface area (Å²) in [5, 5.41) is 18.8. The largest absolute Gasteiger partial charge is 0.396 e. The van der Waals surface area contributed by atoms with E-state index in [1.165, 1.54) is 11.1 Å². The molecular weight excluding hydrogens is 226 g/mol. The lowest BCUT2D eigenvalue weighted by atomic mass is 9.92. The van der Waals surface area contributed by atoms with Gasteiger partial charge in [0.05, 0.1) is 13.2 Å². The van der Waals surface area contributed by atoms with Gasteiger partial charge in [0.2, 0.25) is 0 Å². The summed E-state index contributed by atoms with van der Waals surface area (Å²) in [6.07, 6.45) is 2.27. The molecule has 2 N–H and O–H groups in total. The molecule has 0 saturated carbocycles. The molecule has 1 heterocycles. The molecule has 2 rings (SSSR count). The molecule has 0 fully saturated rings. The Kier molecular flexibility index (Phi) is 4.38. The molecule has 0 aliphatic carbocycles. The molecule has 0 bridgehead atoms. The first-order chi connectivity index (χ1) is 8.67. The number of hydrogen-bond acceptors (Lipinski definition) is 3. The molecule has 100 valence electrons. The fraction of sp³-hybridized carbons (Fsp3) is 0.600. The Morgan fingerprint density at radius 2 is 1.83 bits per heavy atom. The Balaban J connectivity index is 2.08. The third kappa shape index (κ3) is 3.10. The Morgan fingerprint density at radius 1 is 1.17 bits per heavy atom. The highest BCUT2D eigenvalue weighted by Crippen LogP contribution is 2.22. The third-order valence-electron chi connectivity index (χ3n) is 3.80. The Morgan fingerprint density at radius 3 is 2.50 bits per heavy atom. The van der Waals surface area contributed by atoms with Crippen LogP contribution < -0.4 is 0 Å². The van der Waals surface area contributed by atoms with E-state index < -0.39 is 5.41 Å². The topological polar surface area (TPSA) is 43.7 Å². The van der Waals surface area contributed by atoms with E-state index in [0.29, 0.717) is 0 Å².